The third-order valence-electron chi connectivity index (χ3n) is 3.36. The third-order valence-corrected chi connectivity index (χ3v) is 3.36. The zero-order chi connectivity index (χ0) is 14.6. The number of hydrogen-bond acceptors (Lipinski definition) is 4. The van der Waals surface area contributed by atoms with Crippen molar-refractivity contribution in [2.24, 2.45) is 0 Å². The third kappa shape index (κ3) is 3.64. The van der Waals surface area contributed by atoms with E-state index in [0.29, 0.717) is 13.2 Å². The summed E-state index contributed by atoms with van der Waals surface area (Å²) in [4.78, 5) is 0. The van der Waals surface area contributed by atoms with E-state index >= 15 is 0 Å². The number of ether oxygens (including phenoxy) is 3. The topological polar surface area (TPSA) is 39.7 Å². The lowest BCUT2D eigenvalue weighted by molar-refractivity contribution is 0.120. The van der Waals surface area contributed by atoms with Gasteiger partial charge in [-0.1, -0.05) is 19.1 Å². The second-order valence-electron chi connectivity index (χ2n) is 5.80. The Hall–Kier alpha value is -1.26. The number of nitrogens with one attached hydrogen (secondary N) is 1. The van der Waals surface area contributed by atoms with Gasteiger partial charge in [0.25, 0.3) is 0 Å². The van der Waals surface area contributed by atoms with Crippen LogP contribution >= 0.6 is 0 Å². The van der Waals surface area contributed by atoms with E-state index in [0.717, 1.165) is 24.5 Å². The van der Waals surface area contributed by atoms with Gasteiger partial charge in [-0.3, -0.25) is 0 Å². The number of hydrogen-bond donors (Lipinski definition) is 1. The summed E-state index contributed by atoms with van der Waals surface area (Å²) in [6.45, 7) is 8.38. The molecule has 0 radical (unpaired) electrons. The summed E-state index contributed by atoms with van der Waals surface area (Å²) in [5, 5.41) is 3.35. The Morgan fingerprint density at radius 3 is 2.85 bits per heavy atom. The van der Waals surface area contributed by atoms with Crippen LogP contribution in [0.5, 0.6) is 11.5 Å². The molecule has 112 valence electrons. The highest BCUT2D eigenvalue weighted by molar-refractivity contribution is 5.50. The minimum atomic E-state index is -0.143. The largest absolute Gasteiger partial charge is 0.488 e. The van der Waals surface area contributed by atoms with Crippen molar-refractivity contribution < 1.29 is 14.2 Å². The molecule has 0 fully saturated rings. The van der Waals surface area contributed by atoms with Gasteiger partial charge in [0.2, 0.25) is 0 Å². The lowest BCUT2D eigenvalue weighted by Crippen LogP contribution is -2.38. The first kappa shape index (κ1) is 15.1. The molecule has 4 nitrogen and oxygen atoms in total. The monoisotopic (exact) mass is 279 g/mol. The second-order valence-corrected chi connectivity index (χ2v) is 5.80. The Kier molecular flexibility index (Phi) is 4.89. The van der Waals surface area contributed by atoms with Gasteiger partial charge in [0.1, 0.15) is 12.2 Å². The summed E-state index contributed by atoms with van der Waals surface area (Å²) in [5.74, 6) is 1.72. The van der Waals surface area contributed by atoms with Crippen LogP contribution in [-0.4, -0.2) is 38.5 Å². The first-order valence-corrected chi connectivity index (χ1v) is 7.21. The molecule has 1 aromatic carbocycles. The normalized spacial score (nSPS) is 17.4. The van der Waals surface area contributed by atoms with E-state index in [1.165, 1.54) is 5.56 Å². The van der Waals surface area contributed by atoms with Crippen LogP contribution < -0.4 is 14.8 Å². The highest BCUT2D eigenvalue weighted by Crippen LogP contribution is 2.41. The number of benzene rings is 1. The fourth-order valence-corrected chi connectivity index (χ4v) is 2.55. The molecule has 2 rings (SSSR count). The Bertz CT molecular complexity index is 439. The molecule has 1 N–H and O–H groups in total. The molecule has 0 spiro atoms. The predicted molar refractivity (Wildman–Crippen MR) is 79.7 cm³/mol. The Balaban J connectivity index is 2.02. The Morgan fingerprint density at radius 1 is 1.35 bits per heavy atom. The number of rotatable bonds is 7. The van der Waals surface area contributed by atoms with Crippen LogP contribution in [0.2, 0.25) is 0 Å². The minimum Gasteiger partial charge on any atom is -0.488 e. The van der Waals surface area contributed by atoms with Crippen LogP contribution in [0.15, 0.2) is 18.2 Å². The quantitative estimate of drug-likeness (QED) is 0.832. The van der Waals surface area contributed by atoms with Crippen LogP contribution in [0.4, 0.5) is 0 Å². The van der Waals surface area contributed by atoms with Crippen LogP contribution in [0.1, 0.15) is 26.3 Å². The lowest BCUT2D eigenvalue weighted by Gasteiger charge is -2.20. The summed E-state index contributed by atoms with van der Waals surface area (Å²) < 4.78 is 17.1. The molecule has 0 aliphatic carbocycles. The molecule has 0 aromatic heterocycles. The van der Waals surface area contributed by atoms with Crippen molar-refractivity contribution in [3.8, 4) is 11.5 Å². The standard InChI is InChI=1S/C16H25NO3/c1-5-17-13(10-18-4)11-19-14-8-6-7-12-9-16(2,3)20-15(12)14/h6-8,13,17H,5,9-11H2,1-4H3. The van der Waals surface area contributed by atoms with Gasteiger partial charge in [-0.2, -0.15) is 0 Å². The van der Waals surface area contributed by atoms with E-state index in [1.807, 2.05) is 12.1 Å². The van der Waals surface area contributed by atoms with Gasteiger partial charge in [0, 0.05) is 19.1 Å². The second kappa shape index (κ2) is 6.46. The van der Waals surface area contributed by atoms with Gasteiger partial charge in [-0.05, 0) is 26.5 Å². The average molecular weight is 279 g/mol. The highest BCUT2D eigenvalue weighted by atomic mass is 16.5. The summed E-state index contributed by atoms with van der Waals surface area (Å²) in [6, 6.07) is 6.29. The smallest absolute Gasteiger partial charge is 0.165 e. The van der Waals surface area contributed by atoms with Crippen molar-refractivity contribution in [2.45, 2.75) is 38.8 Å². The van der Waals surface area contributed by atoms with Gasteiger partial charge in [-0.25, -0.2) is 0 Å². The fourth-order valence-electron chi connectivity index (χ4n) is 2.55. The van der Waals surface area contributed by atoms with Gasteiger partial charge in [-0.15, -0.1) is 0 Å². The van der Waals surface area contributed by atoms with E-state index in [9.17, 15) is 0 Å². The predicted octanol–water partition coefficient (Wildman–Crippen LogP) is 2.40. The van der Waals surface area contributed by atoms with Crippen LogP contribution in [0.3, 0.4) is 0 Å². The molecule has 1 aliphatic rings. The van der Waals surface area contributed by atoms with E-state index in [2.05, 4.69) is 32.2 Å². The SMILES string of the molecule is CCNC(COC)COc1cccc2c1OC(C)(C)C2. The minimum absolute atomic E-state index is 0.143. The lowest BCUT2D eigenvalue weighted by atomic mass is 10.0. The van der Waals surface area contributed by atoms with Gasteiger partial charge in [0.15, 0.2) is 11.5 Å². The molecule has 4 heteroatoms. The molecule has 1 aliphatic heterocycles. The molecular formula is C16H25NO3. The fraction of sp³-hybridized carbons (Fsp3) is 0.625. The Morgan fingerprint density at radius 2 is 2.15 bits per heavy atom. The summed E-state index contributed by atoms with van der Waals surface area (Å²) in [5.41, 5.74) is 1.08. The number of likely N-dealkylation sites (N-methyl/N-ethyl adjacent to an activating group) is 1. The van der Waals surface area contributed by atoms with Gasteiger partial charge >= 0.3 is 0 Å². The van der Waals surface area contributed by atoms with Crippen molar-refractivity contribution in [3.63, 3.8) is 0 Å². The van der Waals surface area contributed by atoms with Crippen LogP contribution in [-0.2, 0) is 11.2 Å². The molecule has 1 aromatic rings. The van der Waals surface area contributed by atoms with E-state index in [4.69, 9.17) is 14.2 Å². The van der Waals surface area contributed by atoms with Crippen LogP contribution in [0, 0.1) is 0 Å². The van der Waals surface area contributed by atoms with Crippen molar-refractivity contribution in [3.05, 3.63) is 23.8 Å². The molecule has 1 heterocycles. The molecule has 1 unspecified atom stereocenters. The van der Waals surface area contributed by atoms with Gasteiger partial charge < -0.3 is 19.5 Å². The first-order chi connectivity index (χ1) is 9.55. The highest BCUT2D eigenvalue weighted by Gasteiger charge is 2.32. The zero-order valence-corrected chi connectivity index (χ0v) is 12.9. The summed E-state index contributed by atoms with van der Waals surface area (Å²) >= 11 is 0. The van der Waals surface area contributed by atoms with Crippen molar-refractivity contribution in [1.29, 1.82) is 0 Å². The van der Waals surface area contributed by atoms with Gasteiger partial charge in [0.05, 0.1) is 12.6 Å². The molecule has 20 heavy (non-hydrogen) atoms. The van der Waals surface area contributed by atoms with Crippen LogP contribution in [0.25, 0.3) is 0 Å². The van der Waals surface area contributed by atoms with E-state index in [1.54, 1.807) is 7.11 Å². The first-order valence-electron chi connectivity index (χ1n) is 7.21. The average Bonchev–Trinajstić information content (AvgIpc) is 2.71. The van der Waals surface area contributed by atoms with Crippen molar-refractivity contribution in [1.82, 2.24) is 5.32 Å². The maximum atomic E-state index is 6.00. The molecule has 0 saturated carbocycles. The van der Waals surface area contributed by atoms with E-state index < -0.39 is 0 Å². The maximum Gasteiger partial charge on any atom is 0.165 e. The maximum absolute atomic E-state index is 6.00. The number of methoxy groups -OCH3 is 1. The summed E-state index contributed by atoms with van der Waals surface area (Å²) in [7, 11) is 1.70. The Labute approximate surface area is 121 Å². The molecule has 0 amide bonds. The van der Waals surface area contributed by atoms with E-state index in [-0.39, 0.29) is 11.6 Å². The molecule has 0 saturated heterocycles. The molecule has 1 atom stereocenters. The number of para-hydroxylation sites is 1. The van der Waals surface area contributed by atoms with Crippen molar-refractivity contribution >= 4 is 0 Å². The molecular weight excluding hydrogens is 254 g/mol. The zero-order valence-electron chi connectivity index (χ0n) is 12.9. The number of fused-ring (bicyclic) bond motifs is 1. The van der Waals surface area contributed by atoms with Crippen molar-refractivity contribution in [2.75, 3.05) is 26.9 Å². The summed E-state index contributed by atoms with van der Waals surface area (Å²) in [6.07, 6.45) is 0.925. The molecule has 0 bridgehead atoms.